The van der Waals surface area contributed by atoms with Gasteiger partial charge < -0.3 is 15.9 Å². The fourth-order valence-corrected chi connectivity index (χ4v) is 2.43. The first-order valence-electron chi connectivity index (χ1n) is 7.61. The molecular formula is C18H17FN4O3. The van der Waals surface area contributed by atoms with Crippen molar-refractivity contribution in [2.45, 2.75) is 6.92 Å². The number of aryl methyl sites for hydroxylation is 1. The average Bonchev–Trinajstić information content (AvgIpc) is 2.61. The number of nitrogens with two attached hydrogens (primary N) is 1. The topological polar surface area (TPSA) is 112 Å². The lowest BCUT2D eigenvalue weighted by Gasteiger charge is -2.15. The third-order valence-corrected chi connectivity index (χ3v) is 3.60. The number of phenolic OH excluding ortho intramolecular Hbond substituents is 1. The fourth-order valence-electron chi connectivity index (χ4n) is 2.43. The highest BCUT2D eigenvalue weighted by molar-refractivity contribution is 6.12. The van der Waals surface area contributed by atoms with Crippen LogP contribution < -0.4 is 11.1 Å². The molecule has 0 unspecified atom stereocenters. The number of carbonyl (C=O) groups is 1. The minimum atomic E-state index is -0.800. The van der Waals surface area contributed by atoms with E-state index in [0.717, 1.165) is 0 Å². The molecule has 134 valence electrons. The van der Waals surface area contributed by atoms with E-state index in [9.17, 15) is 14.3 Å². The van der Waals surface area contributed by atoms with E-state index in [1.165, 1.54) is 30.3 Å². The van der Waals surface area contributed by atoms with E-state index in [2.05, 4.69) is 15.2 Å². The van der Waals surface area contributed by atoms with Gasteiger partial charge in [0.25, 0.3) is 5.91 Å². The smallest absolute Gasteiger partial charge is 0.261 e. The normalized spacial score (nSPS) is 11.1. The number of aliphatic hydroxyl groups excluding tert-OH is 1. The number of hydrogen-bond acceptors (Lipinski definition) is 4. The van der Waals surface area contributed by atoms with Gasteiger partial charge in [-0.2, -0.15) is 0 Å². The summed E-state index contributed by atoms with van der Waals surface area (Å²) in [7, 11) is 0. The Morgan fingerprint density at radius 2 is 2.12 bits per heavy atom. The molecule has 26 heavy (non-hydrogen) atoms. The Morgan fingerprint density at radius 3 is 2.77 bits per heavy atom. The van der Waals surface area contributed by atoms with Crippen molar-refractivity contribution >= 4 is 17.6 Å². The van der Waals surface area contributed by atoms with E-state index in [-0.39, 0.29) is 41.7 Å². The van der Waals surface area contributed by atoms with Crippen LogP contribution in [-0.2, 0) is 0 Å². The standard InChI is InChI=1S/C18H17FN4O3/c1-10-3-4-11(19)9-12(10)15-13(21-2)5-6-14(25)16(15)17(26)23-18(20)22-7-8-24/h3-6,9,24-25H,7-8H2,1H3,(H3,20,22,23,26). The molecular weight excluding hydrogens is 339 g/mol. The summed E-state index contributed by atoms with van der Waals surface area (Å²) in [6.07, 6.45) is 0. The molecule has 0 aromatic heterocycles. The molecule has 0 spiro atoms. The molecule has 2 aromatic rings. The first-order chi connectivity index (χ1) is 12.4. The van der Waals surface area contributed by atoms with Crippen LogP contribution in [0.3, 0.4) is 0 Å². The largest absolute Gasteiger partial charge is 0.507 e. The predicted octanol–water partition coefficient (Wildman–Crippen LogP) is 2.09. The number of phenols is 1. The molecule has 2 aromatic carbocycles. The van der Waals surface area contributed by atoms with Crippen LogP contribution in [0.5, 0.6) is 5.75 Å². The number of nitrogens with zero attached hydrogens (tertiary/aromatic N) is 2. The summed E-state index contributed by atoms with van der Waals surface area (Å²) in [5.74, 6) is -1.98. The first kappa shape index (κ1) is 18.9. The molecule has 0 bridgehead atoms. The SMILES string of the molecule is [C-]#[N+]c1ccc(O)c(C(=O)NC(N)=NCCO)c1-c1cc(F)ccc1C. The number of aliphatic hydroxyl groups is 1. The molecule has 0 radical (unpaired) electrons. The maximum Gasteiger partial charge on any atom is 0.261 e. The number of hydrogen-bond donors (Lipinski definition) is 4. The number of nitrogens with one attached hydrogen (secondary N) is 1. The number of aliphatic imine (C=N–C) groups is 1. The van der Waals surface area contributed by atoms with E-state index in [0.29, 0.717) is 11.1 Å². The number of amides is 1. The zero-order chi connectivity index (χ0) is 19.3. The second-order valence-electron chi connectivity index (χ2n) is 5.37. The quantitative estimate of drug-likeness (QED) is 0.382. The van der Waals surface area contributed by atoms with Crippen molar-refractivity contribution in [3.8, 4) is 16.9 Å². The number of rotatable bonds is 4. The van der Waals surface area contributed by atoms with Crippen LogP contribution in [0.4, 0.5) is 10.1 Å². The predicted molar refractivity (Wildman–Crippen MR) is 95.5 cm³/mol. The molecule has 0 saturated carbocycles. The number of halogens is 1. The van der Waals surface area contributed by atoms with Crippen molar-refractivity contribution in [2.75, 3.05) is 13.2 Å². The van der Waals surface area contributed by atoms with Gasteiger partial charge in [0.05, 0.1) is 25.3 Å². The lowest BCUT2D eigenvalue weighted by Crippen LogP contribution is -2.37. The minimum absolute atomic E-state index is 0.00392. The van der Waals surface area contributed by atoms with Crippen LogP contribution in [-0.4, -0.2) is 35.2 Å². The summed E-state index contributed by atoms with van der Waals surface area (Å²) in [5.41, 5.74) is 6.46. The second kappa shape index (κ2) is 8.09. The molecule has 0 atom stereocenters. The summed E-state index contributed by atoms with van der Waals surface area (Å²) in [5, 5.41) is 21.2. The molecule has 7 nitrogen and oxygen atoms in total. The molecule has 0 aliphatic rings. The summed E-state index contributed by atoms with van der Waals surface area (Å²) in [4.78, 5) is 19.7. The molecule has 8 heteroatoms. The van der Waals surface area contributed by atoms with Crippen molar-refractivity contribution in [3.63, 3.8) is 0 Å². The van der Waals surface area contributed by atoms with Gasteiger partial charge in [-0.25, -0.2) is 9.24 Å². The Morgan fingerprint density at radius 1 is 1.38 bits per heavy atom. The second-order valence-corrected chi connectivity index (χ2v) is 5.37. The zero-order valence-electron chi connectivity index (χ0n) is 14.0. The van der Waals surface area contributed by atoms with Gasteiger partial charge in [0.2, 0.25) is 0 Å². The van der Waals surface area contributed by atoms with Crippen LogP contribution in [0.2, 0.25) is 0 Å². The van der Waals surface area contributed by atoms with Crippen LogP contribution in [0.15, 0.2) is 35.3 Å². The molecule has 5 N–H and O–H groups in total. The number of aromatic hydroxyl groups is 1. The Bertz CT molecular complexity index is 919. The molecule has 0 fully saturated rings. The molecule has 0 heterocycles. The van der Waals surface area contributed by atoms with Crippen molar-refractivity contribution < 1.29 is 19.4 Å². The van der Waals surface area contributed by atoms with Crippen molar-refractivity contribution in [1.82, 2.24) is 5.32 Å². The maximum absolute atomic E-state index is 13.7. The number of carbonyl (C=O) groups excluding carboxylic acids is 1. The summed E-state index contributed by atoms with van der Waals surface area (Å²) in [6.45, 7) is 8.79. The molecule has 2 rings (SSSR count). The van der Waals surface area contributed by atoms with Gasteiger partial charge >= 0.3 is 0 Å². The first-order valence-corrected chi connectivity index (χ1v) is 7.61. The van der Waals surface area contributed by atoms with Crippen LogP contribution in [0.25, 0.3) is 16.0 Å². The van der Waals surface area contributed by atoms with Crippen LogP contribution in [0, 0.1) is 19.3 Å². The molecule has 1 amide bonds. The third kappa shape index (κ3) is 3.96. The lowest BCUT2D eigenvalue weighted by molar-refractivity contribution is 0.0974. The van der Waals surface area contributed by atoms with Gasteiger partial charge in [-0.05, 0) is 36.2 Å². The highest BCUT2D eigenvalue weighted by Gasteiger charge is 2.23. The van der Waals surface area contributed by atoms with E-state index in [1.807, 2.05) is 0 Å². The monoisotopic (exact) mass is 356 g/mol. The highest BCUT2D eigenvalue weighted by atomic mass is 19.1. The van der Waals surface area contributed by atoms with Gasteiger partial charge in [-0.15, -0.1) is 0 Å². The van der Waals surface area contributed by atoms with Crippen LogP contribution >= 0.6 is 0 Å². The average molecular weight is 356 g/mol. The Kier molecular flexibility index (Phi) is 5.88. The van der Waals surface area contributed by atoms with Crippen molar-refractivity contribution in [1.29, 1.82) is 0 Å². The third-order valence-electron chi connectivity index (χ3n) is 3.60. The van der Waals surface area contributed by atoms with Crippen molar-refractivity contribution in [3.05, 3.63) is 58.7 Å². The van der Waals surface area contributed by atoms with E-state index >= 15 is 0 Å². The fraction of sp³-hybridized carbons (Fsp3) is 0.167. The van der Waals surface area contributed by atoms with Gasteiger partial charge in [-0.1, -0.05) is 12.1 Å². The Hall–Kier alpha value is -3.44. The summed E-state index contributed by atoms with van der Waals surface area (Å²) in [6, 6.07) is 6.53. The maximum atomic E-state index is 13.7. The molecule has 0 aliphatic carbocycles. The van der Waals surface area contributed by atoms with Gasteiger partial charge in [0, 0.05) is 5.56 Å². The summed E-state index contributed by atoms with van der Waals surface area (Å²) < 4.78 is 13.7. The highest BCUT2D eigenvalue weighted by Crippen LogP contribution is 2.40. The number of benzene rings is 2. The van der Waals surface area contributed by atoms with Gasteiger partial charge in [0.15, 0.2) is 11.6 Å². The number of guanidine groups is 1. The van der Waals surface area contributed by atoms with E-state index in [4.69, 9.17) is 17.4 Å². The lowest BCUT2D eigenvalue weighted by atomic mass is 9.93. The van der Waals surface area contributed by atoms with E-state index < -0.39 is 11.7 Å². The summed E-state index contributed by atoms with van der Waals surface area (Å²) >= 11 is 0. The van der Waals surface area contributed by atoms with Gasteiger partial charge in [0.1, 0.15) is 11.6 Å². The minimum Gasteiger partial charge on any atom is -0.507 e. The van der Waals surface area contributed by atoms with Crippen LogP contribution in [0.1, 0.15) is 15.9 Å². The Balaban J connectivity index is 2.65. The zero-order valence-corrected chi connectivity index (χ0v) is 14.0. The van der Waals surface area contributed by atoms with Gasteiger partial charge in [-0.3, -0.25) is 15.1 Å². The van der Waals surface area contributed by atoms with E-state index in [1.54, 1.807) is 6.92 Å². The molecule has 0 aliphatic heterocycles. The van der Waals surface area contributed by atoms with Crippen molar-refractivity contribution in [2.24, 2.45) is 10.7 Å². The molecule has 0 saturated heterocycles. The Labute approximate surface area is 149 Å².